The zero-order valence-electron chi connectivity index (χ0n) is 9.08. The lowest BCUT2D eigenvalue weighted by molar-refractivity contribution is 0.513. The molecule has 0 aliphatic rings. The van der Waals surface area contributed by atoms with Crippen molar-refractivity contribution in [1.82, 2.24) is 10.4 Å². The first-order valence-electron chi connectivity index (χ1n) is 4.96. The maximum absolute atomic E-state index is 13.6. The molecule has 1 unspecified atom stereocenters. The number of nitrogens with one attached hydrogen (secondary N) is 1. The van der Waals surface area contributed by atoms with Crippen molar-refractivity contribution in [3.63, 3.8) is 0 Å². The molecule has 0 amide bonds. The predicted octanol–water partition coefficient (Wildman–Crippen LogP) is 2.28. The van der Waals surface area contributed by atoms with Crippen LogP contribution in [-0.2, 0) is 0 Å². The van der Waals surface area contributed by atoms with E-state index in [2.05, 4.69) is 10.4 Å². The summed E-state index contributed by atoms with van der Waals surface area (Å²) in [5.74, 6) is 4.13. The fourth-order valence-corrected chi connectivity index (χ4v) is 2.46. The van der Waals surface area contributed by atoms with Crippen LogP contribution in [0.4, 0.5) is 8.78 Å². The van der Waals surface area contributed by atoms with Crippen molar-refractivity contribution in [1.29, 1.82) is 0 Å². The van der Waals surface area contributed by atoms with Crippen molar-refractivity contribution in [2.24, 2.45) is 5.84 Å². The first-order valence-corrected chi connectivity index (χ1v) is 5.77. The summed E-state index contributed by atoms with van der Waals surface area (Å²) in [5, 5.41) is 0.817. The fourth-order valence-electron chi connectivity index (χ4n) is 1.61. The van der Waals surface area contributed by atoms with E-state index in [4.69, 9.17) is 5.84 Å². The van der Waals surface area contributed by atoms with E-state index >= 15 is 0 Å². The SMILES string of the molecule is Cc1ncc(C(NN)c2c(F)cccc2F)s1. The Hall–Kier alpha value is -1.37. The molecule has 1 aromatic heterocycles. The number of rotatable bonds is 3. The summed E-state index contributed by atoms with van der Waals surface area (Å²) >= 11 is 1.35. The minimum Gasteiger partial charge on any atom is -0.271 e. The Kier molecular flexibility index (Phi) is 3.46. The van der Waals surface area contributed by atoms with Crippen LogP contribution in [-0.4, -0.2) is 4.98 Å². The number of nitrogens with zero attached hydrogens (tertiary/aromatic N) is 1. The molecule has 0 fully saturated rings. The lowest BCUT2D eigenvalue weighted by Gasteiger charge is -2.15. The van der Waals surface area contributed by atoms with Gasteiger partial charge in [0.15, 0.2) is 0 Å². The van der Waals surface area contributed by atoms with Crippen LogP contribution >= 0.6 is 11.3 Å². The smallest absolute Gasteiger partial charge is 0.131 e. The molecule has 0 spiro atoms. The number of nitrogens with two attached hydrogens (primary N) is 1. The lowest BCUT2D eigenvalue weighted by Crippen LogP contribution is -2.29. The van der Waals surface area contributed by atoms with Crippen LogP contribution in [0.25, 0.3) is 0 Å². The second-order valence-electron chi connectivity index (χ2n) is 3.52. The van der Waals surface area contributed by atoms with Crippen LogP contribution in [0, 0.1) is 18.6 Å². The van der Waals surface area contributed by atoms with Crippen molar-refractivity contribution in [3.05, 3.63) is 51.5 Å². The maximum Gasteiger partial charge on any atom is 0.131 e. The van der Waals surface area contributed by atoms with Gasteiger partial charge in [-0.1, -0.05) is 6.07 Å². The zero-order chi connectivity index (χ0) is 12.4. The number of benzene rings is 1. The number of thiazole rings is 1. The van der Waals surface area contributed by atoms with Gasteiger partial charge in [-0.3, -0.25) is 5.84 Å². The Morgan fingerprint density at radius 2 is 2.00 bits per heavy atom. The van der Waals surface area contributed by atoms with Gasteiger partial charge >= 0.3 is 0 Å². The minimum atomic E-state index is -0.720. The molecule has 0 aliphatic heterocycles. The monoisotopic (exact) mass is 255 g/mol. The number of halogens is 2. The van der Waals surface area contributed by atoms with Gasteiger partial charge in [0.25, 0.3) is 0 Å². The third-order valence-corrected chi connectivity index (χ3v) is 3.36. The molecule has 17 heavy (non-hydrogen) atoms. The molecule has 1 aromatic carbocycles. The number of aryl methyl sites for hydroxylation is 1. The van der Waals surface area contributed by atoms with Gasteiger partial charge in [0.1, 0.15) is 11.6 Å². The summed E-state index contributed by atoms with van der Waals surface area (Å²) in [6.07, 6.45) is 1.57. The van der Waals surface area contributed by atoms with Gasteiger partial charge < -0.3 is 0 Å². The molecule has 0 saturated heterocycles. The summed E-state index contributed by atoms with van der Waals surface area (Å²) in [6, 6.07) is 3.01. The Balaban J connectivity index is 2.49. The highest BCUT2D eigenvalue weighted by Gasteiger charge is 2.22. The summed E-state index contributed by atoms with van der Waals surface area (Å²) in [5.41, 5.74) is 2.34. The van der Waals surface area contributed by atoms with Gasteiger partial charge in [0.2, 0.25) is 0 Å². The number of hydrogen-bond acceptors (Lipinski definition) is 4. The average Bonchev–Trinajstić information content (AvgIpc) is 2.70. The first-order chi connectivity index (χ1) is 8.13. The highest BCUT2D eigenvalue weighted by Crippen LogP contribution is 2.29. The van der Waals surface area contributed by atoms with E-state index < -0.39 is 17.7 Å². The van der Waals surface area contributed by atoms with Crippen LogP contribution in [0.3, 0.4) is 0 Å². The molecule has 90 valence electrons. The lowest BCUT2D eigenvalue weighted by atomic mass is 10.1. The molecule has 2 aromatic rings. The van der Waals surface area contributed by atoms with Crippen molar-refractivity contribution in [2.45, 2.75) is 13.0 Å². The minimum absolute atomic E-state index is 0.0846. The zero-order valence-corrected chi connectivity index (χ0v) is 9.89. The Morgan fingerprint density at radius 3 is 2.47 bits per heavy atom. The Morgan fingerprint density at radius 1 is 1.35 bits per heavy atom. The molecule has 3 N–H and O–H groups in total. The van der Waals surface area contributed by atoms with E-state index in [1.54, 1.807) is 6.20 Å². The second-order valence-corrected chi connectivity index (χ2v) is 4.78. The summed E-state index contributed by atoms with van der Waals surface area (Å²) < 4.78 is 27.3. The topological polar surface area (TPSA) is 50.9 Å². The first kappa shape index (κ1) is 12.1. The summed E-state index contributed by atoms with van der Waals surface area (Å²) in [7, 11) is 0. The van der Waals surface area contributed by atoms with Gasteiger partial charge in [-0.2, -0.15) is 0 Å². The molecule has 0 bridgehead atoms. The molecule has 1 atom stereocenters. The fraction of sp³-hybridized carbons (Fsp3) is 0.182. The molecule has 0 saturated carbocycles. The van der Waals surface area contributed by atoms with Gasteiger partial charge in [0, 0.05) is 16.6 Å². The average molecular weight is 255 g/mol. The standard InChI is InChI=1S/C11H11F2N3S/c1-6-15-5-9(17-6)11(16-14)10-7(12)3-2-4-8(10)13/h2-5,11,16H,14H2,1H3. The van der Waals surface area contributed by atoms with E-state index in [9.17, 15) is 8.78 Å². The maximum atomic E-state index is 13.6. The molecule has 6 heteroatoms. The van der Waals surface area contributed by atoms with E-state index in [-0.39, 0.29) is 5.56 Å². The Labute approximate surface area is 101 Å². The normalized spacial score (nSPS) is 12.7. The van der Waals surface area contributed by atoms with Crippen molar-refractivity contribution < 1.29 is 8.78 Å². The molecular weight excluding hydrogens is 244 g/mol. The van der Waals surface area contributed by atoms with E-state index in [0.29, 0.717) is 4.88 Å². The predicted molar refractivity (Wildman–Crippen MR) is 62.4 cm³/mol. The largest absolute Gasteiger partial charge is 0.271 e. The molecule has 0 radical (unpaired) electrons. The van der Waals surface area contributed by atoms with Crippen LogP contribution in [0.15, 0.2) is 24.4 Å². The van der Waals surface area contributed by atoms with E-state index in [1.165, 1.54) is 29.5 Å². The molecule has 3 nitrogen and oxygen atoms in total. The van der Waals surface area contributed by atoms with E-state index in [1.807, 2.05) is 6.92 Å². The third kappa shape index (κ3) is 2.33. The number of aromatic nitrogens is 1. The van der Waals surface area contributed by atoms with Gasteiger partial charge in [-0.15, -0.1) is 11.3 Å². The van der Waals surface area contributed by atoms with Crippen LogP contribution < -0.4 is 11.3 Å². The van der Waals surface area contributed by atoms with Gasteiger partial charge in [-0.05, 0) is 19.1 Å². The van der Waals surface area contributed by atoms with Gasteiger partial charge in [-0.25, -0.2) is 19.2 Å². The van der Waals surface area contributed by atoms with Gasteiger partial charge in [0.05, 0.1) is 11.0 Å². The molecule has 0 aliphatic carbocycles. The molecular formula is C11H11F2N3S. The summed E-state index contributed by atoms with van der Waals surface area (Å²) in [6.45, 7) is 1.82. The Bertz CT molecular complexity index is 507. The second kappa shape index (κ2) is 4.87. The third-order valence-electron chi connectivity index (χ3n) is 2.38. The quantitative estimate of drug-likeness (QED) is 0.653. The molecule has 1 heterocycles. The highest BCUT2D eigenvalue weighted by molar-refractivity contribution is 7.11. The summed E-state index contributed by atoms with van der Waals surface area (Å²) in [4.78, 5) is 4.72. The number of hydrogen-bond donors (Lipinski definition) is 2. The van der Waals surface area contributed by atoms with Crippen molar-refractivity contribution in [3.8, 4) is 0 Å². The van der Waals surface area contributed by atoms with Crippen molar-refractivity contribution >= 4 is 11.3 Å². The number of hydrazine groups is 1. The van der Waals surface area contributed by atoms with Crippen LogP contribution in [0.5, 0.6) is 0 Å². The van der Waals surface area contributed by atoms with E-state index in [0.717, 1.165) is 5.01 Å². The highest BCUT2D eigenvalue weighted by atomic mass is 32.1. The molecule has 2 rings (SSSR count). The van der Waals surface area contributed by atoms with Crippen molar-refractivity contribution in [2.75, 3.05) is 0 Å². The van der Waals surface area contributed by atoms with Crippen LogP contribution in [0.1, 0.15) is 21.5 Å². The van der Waals surface area contributed by atoms with Crippen LogP contribution in [0.2, 0.25) is 0 Å².